The molecule has 4 N–H and O–H groups in total. The van der Waals surface area contributed by atoms with Gasteiger partial charge in [-0.1, -0.05) is 0 Å². The molecule has 0 aliphatic carbocycles. The summed E-state index contributed by atoms with van der Waals surface area (Å²) in [6.45, 7) is 4.63. The van der Waals surface area contributed by atoms with Crippen LogP contribution in [0.25, 0.3) is 0 Å². The number of carbonyl (C=O) groups excluding carboxylic acids is 2. The van der Waals surface area contributed by atoms with E-state index in [2.05, 4.69) is 4.74 Å². The number of methoxy groups -OCH3 is 1. The van der Waals surface area contributed by atoms with Gasteiger partial charge in [-0.15, -0.1) is 0 Å². The third-order valence-electron chi connectivity index (χ3n) is 1.63. The van der Waals surface area contributed by atoms with Crippen LogP contribution in [0.1, 0.15) is 20.8 Å². The van der Waals surface area contributed by atoms with Crippen molar-refractivity contribution in [2.24, 2.45) is 11.5 Å². The van der Waals surface area contributed by atoms with E-state index in [0.717, 1.165) is 7.11 Å². The van der Waals surface area contributed by atoms with Gasteiger partial charge >= 0.3 is 11.9 Å². The van der Waals surface area contributed by atoms with Gasteiger partial charge in [-0.3, -0.25) is 0 Å². The molecule has 0 radical (unpaired) electrons. The molecule has 6 nitrogen and oxygen atoms in total. The molecule has 6 heteroatoms. The maximum absolute atomic E-state index is 11.6. The van der Waals surface area contributed by atoms with E-state index in [4.69, 9.17) is 16.2 Å². The van der Waals surface area contributed by atoms with Crippen molar-refractivity contribution < 1.29 is 19.1 Å². The zero-order valence-electron chi connectivity index (χ0n) is 9.49. The number of carbonyl (C=O) groups is 2. The number of hydrogen-bond acceptors (Lipinski definition) is 6. The van der Waals surface area contributed by atoms with Gasteiger partial charge in [-0.25, -0.2) is 9.59 Å². The first-order valence-corrected chi connectivity index (χ1v) is 4.48. The van der Waals surface area contributed by atoms with E-state index >= 15 is 0 Å². The quantitative estimate of drug-likeness (QED) is 0.472. The van der Waals surface area contributed by atoms with Crippen molar-refractivity contribution >= 4 is 11.9 Å². The SMILES string of the molecule is COC(=O)C(N)(CN)C(=O)OC(C)(C)C. The lowest BCUT2D eigenvalue weighted by Crippen LogP contribution is -2.62. The third kappa shape index (κ3) is 3.49. The van der Waals surface area contributed by atoms with E-state index in [1.54, 1.807) is 20.8 Å². The molecule has 0 saturated heterocycles. The molecule has 0 spiro atoms. The Balaban J connectivity index is 4.82. The Morgan fingerprint density at radius 3 is 1.93 bits per heavy atom. The average molecular weight is 218 g/mol. The fraction of sp³-hybridized carbons (Fsp3) is 0.778. The second-order valence-corrected chi connectivity index (χ2v) is 4.17. The summed E-state index contributed by atoms with van der Waals surface area (Å²) in [4.78, 5) is 22.8. The highest BCUT2D eigenvalue weighted by Crippen LogP contribution is 2.13. The zero-order chi connectivity index (χ0) is 12.3. The van der Waals surface area contributed by atoms with Crippen LogP contribution in [0.15, 0.2) is 0 Å². The molecule has 88 valence electrons. The van der Waals surface area contributed by atoms with Gasteiger partial charge in [0.15, 0.2) is 0 Å². The van der Waals surface area contributed by atoms with Gasteiger partial charge in [-0.05, 0) is 20.8 Å². The predicted molar refractivity (Wildman–Crippen MR) is 53.8 cm³/mol. The molecular weight excluding hydrogens is 200 g/mol. The van der Waals surface area contributed by atoms with Crippen LogP contribution >= 0.6 is 0 Å². The predicted octanol–water partition coefficient (Wildman–Crippen LogP) is -0.843. The Morgan fingerprint density at radius 2 is 1.67 bits per heavy atom. The molecule has 0 heterocycles. The molecule has 0 fully saturated rings. The lowest BCUT2D eigenvalue weighted by atomic mass is 10.0. The van der Waals surface area contributed by atoms with E-state index in [0.29, 0.717) is 0 Å². The third-order valence-corrected chi connectivity index (χ3v) is 1.63. The molecule has 0 saturated carbocycles. The molecule has 15 heavy (non-hydrogen) atoms. The zero-order valence-corrected chi connectivity index (χ0v) is 9.49. The van der Waals surface area contributed by atoms with Crippen LogP contribution in [0.5, 0.6) is 0 Å². The topological polar surface area (TPSA) is 105 Å². The van der Waals surface area contributed by atoms with Crippen LogP contribution in [0.2, 0.25) is 0 Å². The van der Waals surface area contributed by atoms with Crippen molar-refractivity contribution in [2.45, 2.75) is 31.9 Å². The number of ether oxygens (including phenoxy) is 2. The Kier molecular flexibility index (Phi) is 4.24. The average Bonchev–Trinajstić information content (AvgIpc) is 2.12. The van der Waals surface area contributed by atoms with Crippen LogP contribution in [0, 0.1) is 0 Å². The standard InChI is InChI=1S/C9H18N2O4/c1-8(2,3)15-7(13)9(11,5-10)6(12)14-4/h5,10-11H2,1-4H3. The first-order valence-electron chi connectivity index (χ1n) is 4.48. The second-order valence-electron chi connectivity index (χ2n) is 4.17. The summed E-state index contributed by atoms with van der Waals surface area (Å²) in [7, 11) is 1.13. The molecular formula is C9H18N2O4. The first-order chi connectivity index (χ1) is 6.67. The summed E-state index contributed by atoms with van der Waals surface area (Å²) in [5.41, 5.74) is 8.14. The maximum Gasteiger partial charge on any atom is 0.339 e. The summed E-state index contributed by atoms with van der Waals surface area (Å²) >= 11 is 0. The van der Waals surface area contributed by atoms with Crippen molar-refractivity contribution in [3.63, 3.8) is 0 Å². The number of rotatable bonds is 3. The van der Waals surface area contributed by atoms with Crippen molar-refractivity contribution in [2.75, 3.05) is 13.7 Å². The van der Waals surface area contributed by atoms with Gasteiger partial charge in [0.05, 0.1) is 7.11 Å². The van der Waals surface area contributed by atoms with Crippen molar-refractivity contribution in [1.82, 2.24) is 0 Å². The van der Waals surface area contributed by atoms with Gasteiger partial charge in [0, 0.05) is 6.54 Å². The number of esters is 2. The van der Waals surface area contributed by atoms with E-state index in [-0.39, 0.29) is 6.54 Å². The molecule has 0 amide bonds. The minimum absolute atomic E-state index is 0.366. The molecule has 0 aromatic rings. The molecule has 0 bridgehead atoms. The highest BCUT2D eigenvalue weighted by Gasteiger charge is 2.45. The molecule has 0 rings (SSSR count). The van der Waals surface area contributed by atoms with E-state index in [1.807, 2.05) is 0 Å². The van der Waals surface area contributed by atoms with Gasteiger partial charge in [-0.2, -0.15) is 0 Å². The second kappa shape index (κ2) is 4.59. The number of hydrogen-bond donors (Lipinski definition) is 2. The minimum Gasteiger partial charge on any atom is -0.467 e. The lowest BCUT2D eigenvalue weighted by Gasteiger charge is -2.27. The Bertz CT molecular complexity index is 259. The molecule has 1 atom stereocenters. The largest absolute Gasteiger partial charge is 0.467 e. The monoisotopic (exact) mass is 218 g/mol. The Hall–Kier alpha value is -1.14. The highest BCUT2D eigenvalue weighted by molar-refractivity contribution is 6.05. The number of nitrogens with two attached hydrogens (primary N) is 2. The molecule has 0 aliphatic rings. The van der Waals surface area contributed by atoms with E-state index < -0.39 is 23.1 Å². The summed E-state index contributed by atoms with van der Waals surface area (Å²) in [5, 5.41) is 0. The molecule has 0 aromatic carbocycles. The maximum atomic E-state index is 11.6. The highest BCUT2D eigenvalue weighted by atomic mass is 16.6. The summed E-state index contributed by atoms with van der Waals surface area (Å²) in [5.74, 6) is -1.79. The van der Waals surface area contributed by atoms with Crippen LogP contribution < -0.4 is 11.5 Å². The fourth-order valence-electron chi connectivity index (χ4n) is 0.801. The summed E-state index contributed by atoms with van der Waals surface area (Å²) in [6, 6.07) is 0. The van der Waals surface area contributed by atoms with Crippen LogP contribution in [0.4, 0.5) is 0 Å². The van der Waals surface area contributed by atoms with Gasteiger partial charge in [0.25, 0.3) is 0 Å². The van der Waals surface area contributed by atoms with Crippen LogP contribution in [-0.4, -0.2) is 36.7 Å². The molecule has 0 aliphatic heterocycles. The molecule has 0 aromatic heterocycles. The van der Waals surface area contributed by atoms with Crippen molar-refractivity contribution in [3.8, 4) is 0 Å². The summed E-state index contributed by atoms with van der Waals surface area (Å²) < 4.78 is 9.37. The van der Waals surface area contributed by atoms with Gasteiger partial charge < -0.3 is 20.9 Å². The summed E-state index contributed by atoms with van der Waals surface area (Å²) in [6.07, 6.45) is 0. The minimum atomic E-state index is -1.93. The normalized spacial score (nSPS) is 15.3. The first kappa shape index (κ1) is 13.9. The van der Waals surface area contributed by atoms with Crippen LogP contribution in [0.3, 0.4) is 0 Å². The molecule has 1 unspecified atom stereocenters. The van der Waals surface area contributed by atoms with Crippen LogP contribution in [-0.2, 0) is 19.1 Å². The fourth-order valence-corrected chi connectivity index (χ4v) is 0.801. The van der Waals surface area contributed by atoms with Crippen molar-refractivity contribution in [1.29, 1.82) is 0 Å². The lowest BCUT2D eigenvalue weighted by molar-refractivity contribution is -0.169. The smallest absolute Gasteiger partial charge is 0.339 e. The van der Waals surface area contributed by atoms with E-state index in [9.17, 15) is 9.59 Å². The Morgan fingerprint density at radius 1 is 1.20 bits per heavy atom. The van der Waals surface area contributed by atoms with Gasteiger partial charge in [0.1, 0.15) is 5.60 Å². The van der Waals surface area contributed by atoms with Gasteiger partial charge in [0.2, 0.25) is 5.54 Å². The Labute approximate surface area is 88.9 Å². The van der Waals surface area contributed by atoms with E-state index in [1.165, 1.54) is 0 Å². The van der Waals surface area contributed by atoms with Crippen molar-refractivity contribution in [3.05, 3.63) is 0 Å².